The summed E-state index contributed by atoms with van der Waals surface area (Å²) in [5.41, 5.74) is 4.93. The van der Waals surface area contributed by atoms with Gasteiger partial charge in [-0.2, -0.15) is 5.10 Å². The Balaban J connectivity index is 0.000000540. The van der Waals surface area contributed by atoms with Crippen molar-refractivity contribution in [1.82, 2.24) is 20.8 Å². The van der Waals surface area contributed by atoms with Crippen LogP contribution in [0.2, 0.25) is 0 Å². The Kier molecular flexibility index (Phi) is 12.7. The highest BCUT2D eigenvalue weighted by molar-refractivity contribution is 5.81. The van der Waals surface area contributed by atoms with Crippen molar-refractivity contribution in [3.63, 3.8) is 0 Å². The standard InChI is InChI=1S/C19H23N5O.C5H10FN.C2H2/c1-12(13(2)24-14(3)20-4)8-18(21-5)17-7-6-15(9-19(17)25)16-10-22-23-11-16;6-5-2-1-3-7-4-5;1-2/h6-11,25H,5H2,1-4H3,(H,20,24)(H,22,23);5,7H,1-4H2;1-2H/b13-12+,18-8-;;/t;5-;/m.0./s1. The quantitative estimate of drug-likeness (QED) is 0.222. The first-order valence-electron chi connectivity index (χ1n) is 10.9. The summed E-state index contributed by atoms with van der Waals surface area (Å²) in [6.07, 6.45) is 14.5. The average molecular weight is 467 g/mol. The lowest BCUT2D eigenvalue weighted by Gasteiger charge is -2.14. The first kappa shape index (κ1) is 28.3. The number of terminal acetylenes is 1. The number of allylic oxidation sites excluding steroid dienone is 3. The molecule has 0 saturated carbocycles. The van der Waals surface area contributed by atoms with Crippen LogP contribution >= 0.6 is 0 Å². The summed E-state index contributed by atoms with van der Waals surface area (Å²) in [6.45, 7) is 11.0. The van der Waals surface area contributed by atoms with Crippen LogP contribution in [-0.2, 0) is 0 Å². The minimum absolute atomic E-state index is 0.141. The number of rotatable bonds is 5. The minimum atomic E-state index is -0.575. The van der Waals surface area contributed by atoms with Crippen molar-refractivity contribution >= 4 is 18.3 Å². The number of aromatic amines is 1. The van der Waals surface area contributed by atoms with Crippen LogP contribution in [-0.4, -0.2) is 54.2 Å². The van der Waals surface area contributed by atoms with E-state index in [1.165, 1.54) is 0 Å². The molecule has 1 fully saturated rings. The molecular formula is C26H35FN6O. The largest absolute Gasteiger partial charge is 0.507 e. The summed E-state index contributed by atoms with van der Waals surface area (Å²) in [5, 5.41) is 23.3. The maximum absolute atomic E-state index is 12.1. The Hall–Kier alpha value is -3.70. The van der Waals surface area contributed by atoms with Crippen molar-refractivity contribution in [2.75, 3.05) is 20.1 Å². The smallest absolute Gasteiger partial charge is 0.125 e. The lowest BCUT2D eigenvalue weighted by atomic mass is 10.0. The molecule has 1 saturated heterocycles. The molecule has 0 spiro atoms. The number of hydrogen-bond acceptors (Lipinski definition) is 5. The molecule has 0 bridgehead atoms. The van der Waals surface area contributed by atoms with Gasteiger partial charge in [-0.25, -0.2) is 4.39 Å². The lowest BCUT2D eigenvalue weighted by Crippen LogP contribution is -2.30. The molecule has 3 rings (SSSR count). The number of aliphatic imine (C=N–C) groups is 2. The lowest BCUT2D eigenvalue weighted by molar-refractivity contribution is 0.266. The normalized spacial score (nSPS) is 16.7. The number of nitrogens with zero attached hydrogens (tertiary/aromatic N) is 3. The van der Waals surface area contributed by atoms with Crippen molar-refractivity contribution in [1.29, 1.82) is 0 Å². The first-order chi connectivity index (χ1) is 16.3. The van der Waals surface area contributed by atoms with Crippen molar-refractivity contribution in [3.8, 4) is 29.7 Å². The fourth-order valence-electron chi connectivity index (χ4n) is 3.09. The van der Waals surface area contributed by atoms with Crippen molar-refractivity contribution in [2.24, 2.45) is 9.98 Å². The van der Waals surface area contributed by atoms with Gasteiger partial charge in [0.1, 0.15) is 11.9 Å². The van der Waals surface area contributed by atoms with Crippen LogP contribution in [0.1, 0.15) is 39.2 Å². The van der Waals surface area contributed by atoms with Gasteiger partial charge in [0.2, 0.25) is 0 Å². The second-order valence-corrected chi connectivity index (χ2v) is 7.59. The maximum atomic E-state index is 12.1. The molecule has 7 nitrogen and oxygen atoms in total. The molecule has 0 amide bonds. The number of phenols is 1. The third kappa shape index (κ3) is 9.04. The predicted octanol–water partition coefficient (Wildman–Crippen LogP) is 4.71. The van der Waals surface area contributed by atoms with Crippen LogP contribution in [0.5, 0.6) is 5.75 Å². The summed E-state index contributed by atoms with van der Waals surface area (Å²) in [7, 11) is 1.73. The van der Waals surface area contributed by atoms with E-state index in [1.54, 1.807) is 25.5 Å². The van der Waals surface area contributed by atoms with Crippen LogP contribution in [0.15, 0.2) is 57.9 Å². The van der Waals surface area contributed by atoms with Crippen molar-refractivity contribution < 1.29 is 9.50 Å². The van der Waals surface area contributed by atoms with Crippen molar-refractivity contribution in [2.45, 2.75) is 39.8 Å². The van der Waals surface area contributed by atoms with E-state index in [0.717, 1.165) is 47.6 Å². The van der Waals surface area contributed by atoms with E-state index in [9.17, 15) is 9.50 Å². The molecule has 1 aromatic carbocycles. The Labute approximate surface area is 202 Å². The highest BCUT2D eigenvalue weighted by Crippen LogP contribution is 2.31. The van der Waals surface area contributed by atoms with E-state index in [-0.39, 0.29) is 5.75 Å². The molecule has 1 aliphatic rings. The van der Waals surface area contributed by atoms with Gasteiger partial charge in [-0.1, -0.05) is 6.07 Å². The second-order valence-electron chi connectivity index (χ2n) is 7.59. The van der Waals surface area contributed by atoms with Gasteiger partial charge in [0.15, 0.2) is 0 Å². The SMILES string of the molecule is C#C.C=N/C(=C\C(C)=C(/C)NC(C)=NC)c1ccc(-c2cn[nH]c2)cc1O.F[C@H]1CCCNC1. The minimum Gasteiger partial charge on any atom is -0.507 e. The van der Waals surface area contributed by atoms with Gasteiger partial charge in [-0.3, -0.25) is 15.1 Å². The summed E-state index contributed by atoms with van der Waals surface area (Å²) >= 11 is 0. The molecule has 2 aromatic rings. The third-order valence-corrected chi connectivity index (χ3v) is 5.16. The third-order valence-electron chi connectivity index (χ3n) is 5.16. The zero-order valence-electron chi connectivity index (χ0n) is 20.4. The fraction of sp³-hybridized carbons (Fsp3) is 0.346. The molecular weight excluding hydrogens is 431 g/mol. The summed E-state index contributed by atoms with van der Waals surface area (Å²) in [6, 6.07) is 5.43. The predicted molar refractivity (Wildman–Crippen MR) is 141 cm³/mol. The van der Waals surface area contributed by atoms with E-state index in [1.807, 2.05) is 39.0 Å². The van der Waals surface area contributed by atoms with Crippen LogP contribution in [0.4, 0.5) is 4.39 Å². The highest BCUT2D eigenvalue weighted by atomic mass is 19.1. The molecule has 34 heavy (non-hydrogen) atoms. The number of alkyl halides is 1. The first-order valence-corrected chi connectivity index (χ1v) is 10.9. The Morgan fingerprint density at radius 2 is 2.03 bits per heavy atom. The molecule has 0 aliphatic carbocycles. The monoisotopic (exact) mass is 466 g/mol. The van der Waals surface area contributed by atoms with Gasteiger partial charge >= 0.3 is 0 Å². The van der Waals surface area contributed by atoms with E-state index < -0.39 is 6.17 Å². The van der Waals surface area contributed by atoms with Gasteiger partial charge in [0, 0.05) is 36.6 Å². The van der Waals surface area contributed by atoms with Crippen LogP contribution in [0, 0.1) is 12.8 Å². The van der Waals surface area contributed by atoms with Crippen molar-refractivity contribution in [3.05, 3.63) is 53.5 Å². The zero-order chi connectivity index (χ0) is 25.5. The van der Waals surface area contributed by atoms with E-state index in [4.69, 9.17) is 0 Å². The highest BCUT2D eigenvalue weighted by Gasteiger charge is 2.10. The summed E-state index contributed by atoms with van der Waals surface area (Å²) in [4.78, 5) is 8.16. The number of benzene rings is 1. The number of piperidine rings is 1. The molecule has 1 aliphatic heterocycles. The number of hydrogen-bond donors (Lipinski definition) is 4. The van der Waals surface area contributed by atoms with Gasteiger partial charge in [0.05, 0.1) is 17.7 Å². The molecule has 0 unspecified atom stereocenters. The number of nitrogens with one attached hydrogen (secondary N) is 3. The molecule has 1 atom stereocenters. The van der Waals surface area contributed by atoms with Gasteiger partial charge in [-0.15, -0.1) is 12.8 Å². The average Bonchev–Trinajstić information content (AvgIpc) is 3.39. The van der Waals surface area contributed by atoms with Gasteiger partial charge in [-0.05, 0) is 76.2 Å². The molecule has 182 valence electrons. The summed E-state index contributed by atoms with van der Waals surface area (Å²) < 4.78 is 12.1. The van der Waals surface area contributed by atoms with Crippen LogP contribution < -0.4 is 10.6 Å². The van der Waals surface area contributed by atoms with E-state index in [0.29, 0.717) is 17.8 Å². The molecule has 2 heterocycles. The van der Waals surface area contributed by atoms with Crippen LogP contribution in [0.25, 0.3) is 16.8 Å². The van der Waals surface area contributed by atoms with Gasteiger partial charge < -0.3 is 15.7 Å². The fourth-order valence-corrected chi connectivity index (χ4v) is 3.09. The maximum Gasteiger partial charge on any atom is 0.125 e. The van der Waals surface area contributed by atoms with Gasteiger partial charge in [0.25, 0.3) is 0 Å². The Morgan fingerprint density at radius 3 is 2.50 bits per heavy atom. The number of aromatic nitrogens is 2. The molecule has 1 aromatic heterocycles. The van der Waals surface area contributed by atoms with E-state index >= 15 is 0 Å². The van der Waals surface area contributed by atoms with Crippen LogP contribution in [0.3, 0.4) is 0 Å². The Bertz CT molecular complexity index is 1020. The molecule has 4 N–H and O–H groups in total. The number of aromatic hydroxyl groups is 1. The summed E-state index contributed by atoms with van der Waals surface area (Å²) in [5.74, 6) is 0.965. The molecule has 0 radical (unpaired) electrons. The molecule has 8 heteroatoms. The topological polar surface area (TPSA) is 97.7 Å². The number of halogens is 1. The number of amidine groups is 1. The second kappa shape index (κ2) is 15.2. The Morgan fingerprint density at radius 1 is 1.29 bits per heavy atom. The zero-order valence-corrected chi connectivity index (χ0v) is 20.4. The van der Waals surface area contributed by atoms with E-state index in [2.05, 4.69) is 50.4 Å². The number of H-pyrrole nitrogens is 1. The number of phenolic OH excluding ortho intramolecular Hbond substituents is 1.